The van der Waals surface area contributed by atoms with Crippen molar-refractivity contribution in [1.29, 1.82) is 0 Å². The van der Waals surface area contributed by atoms with Crippen molar-refractivity contribution >= 4 is 11.8 Å². The predicted octanol–water partition coefficient (Wildman–Crippen LogP) is 1.21. The quantitative estimate of drug-likeness (QED) is 0.679. The second kappa shape index (κ2) is 6.03. The lowest BCUT2D eigenvalue weighted by Crippen LogP contribution is -2.77. The minimum Gasteiger partial charge on any atom is -0.493 e. The fourth-order valence-electron chi connectivity index (χ4n) is 7.17. The highest BCUT2D eigenvalue weighted by Gasteiger charge is 2.75. The van der Waals surface area contributed by atoms with Crippen molar-refractivity contribution in [2.24, 2.45) is 28.6 Å². The molecule has 156 valence electrons. The highest BCUT2D eigenvalue weighted by molar-refractivity contribution is 5.99. The molecular formula is C21H30O7. The summed E-state index contributed by atoms with van der Waals surface area (Å²) in [6.07, 6.45) is 0.481. The molecule has 0 bridgehead atoms. The first-order chi connectivity index (χ1) is 13.0. The molecule has 9 atom stereocenters. The molecular weight excluding hydrogens is 364 g/mol. The number of esters is 1. The second-order valence-corrected chi connectivity index (χ2v) is 9.50. The lowest BCUT2D eigenvalue weighted by atomic mass is 9.38. The summed E-state index contributed by atoms with van der Waals surface area (Å²) in [6, 6.07) is 0. The number of allylic oxidation sites excluding steroid dienone is 2. The Hall–Kier alpha value is -1.44. The molecule has 0 aromatic heterocycles. The summed E-state index contributed by atoms with van der Waals surface area (Å²) in [4.78, 5) is 25.9. The van der Waals surface area contributed by atoms with E-state index in [2.05, 4.69) is 0 Å². The van der Waals surface area contributed by atoms with Crippen LogP contribution in [0, 0.1) is 28.6 Å². The smallest absolute Gasteiger partial charge is 0.306 e. The minimum absolute atomic E-state index is 0.0327. The molecule has 0 spiro atoms. The van der Waals surface area contributed by atoms with Gasteiger partial charge in [-0.2, -0.15) is 0 Å². The predicted molar refractivity (Wildman–Crippen MR) is 97.9 cm³/mol. The molecule has 4 aliphatic rings. The highest BCUT2D eigenvalue weighted by Crippen LogP contribution is 2.68. The van der Waals surface area contributed by atoms with Gasteiger partial charge in [-0.05, 0) is 31.8 Å². The van der Waals surface area contributed by atoms with Gasteiger partial charge in [0.05, 0.1) is 25.2 Å². The largest absolute Gasteiger partial charge is 0.493 e. The Balaban J connectivity index is 1.93. The van der Waals surface area contributed by atoms with Gasteiger partial charge in [0.25, 0.3) is 0 Å². The molecule has 2 N–H and O–H groups in total. The SMILES string of the molecule is COC1=CC[C@@H]2C[C@H]3OC(=O)C[C@H]4[C@](C)(O)[C@H](OC)[C@@H](O)[C@H]([C@@]2(C)C1=O)[C@@]34C. The normalized spacial score (nSPS) is 52.9. The minimum atomic E-state index is -1.43. The third-order valence-corrected chi connectivity index (χ3v) is 8.46. The number of carbonyl (C=O) groups is 2. The Kier molecular flexibility index (Phi) is 4.28. The maximum atomic E-state index is 13.5. The van der Waals surface area contributed by atoms with Crippen molar-refractivity contribution < 1.29 is 34.0 Å². The van der Waals surface area contributed by atoms with Gasteiger partial charge in [-0.1, -0.05) is 13.8 Å². The molecule has 3 aliphatic carbocycles. The summed E-state index contributed by atoms with van der Waals surface area (Å²) in [5, 5.41) is 22.8. The number of carbonyl (C=O) groups excluding carboxylic acids is 2. The Bertz CT molecular complexity index is 743. The van der Waals surface area contributed by atoms with Crippen LogP contribution in [0.25, 0.3) is 0 Å². The average Bonchev–Trinajstić information content (AvgIpc) is 2.61. The van der Waals surface area contributed by atoms with E-state index in [1.54, 1.807) is 13.0 Å². The van der Waals surface area contributed by atoms with E-state index in [1.807, 2.05) is 13.8 Å². The molecule has 0 amide bonds. The summed E-state index contributed by atoms with van der Waals surface area (Å²) >= 11 is 0. The molecule has 0 aromatic carbocycles. The van der Waals surface area contributed by atoms with E-state index < -0.39 is 46.6 Å². The van der Waals surface area contributed by atoms with Crippen LogP contribution in [-0.4, -0.2) is 60.1 Å². The molecule has 3 fully saturated rings. The van der Waals surface area contributed by atoms with Gasteiger partial charge in [0.1, 0.15) is 12.2 Å². The molecule has 1 heterocycles. The van der Waals surface area contributed by atoms with Gasteiger partial charge in [0.15, 0.2) is 5.76 Å². The summed E-state index contributed by atoms with van der Waals surface area (Å²) in [5.41, 5.74) is -3.10. The number of ketones is 1. The standard InChI is InChI=1S/C21H30O7/c1-19-10(6-7-11(26-4)17(19)24)8-13-20(2)12(9-14(22)28-13)21(3,25)18(27-5)15(23)16(19)20/h7,10,12-13,15-16,18,23,25H,6,8-9H2,1-5H3/t10-,12-,13-,15+,16-,18-,19+,20-,21+/m1/s1. The van der Waals surface area contributed by atoms with E-state index in [1.165, 1.54) is 14.2 Å². The molecule has 0 unspecified atom stereocenters. The molecule has 1 saturated heterocycles. The fraction of sp³-hybridized carbons (Fsp3) is 0.810. The van der Waals surface area contributed by atoms with Crippen LogP contribution >= 0.6 is 0 Å². The van der Waals surface area contributed by atoms with Crippen molar-refractivity contribution in [3.63, 3.8) is 0 Å². The summed E-state index contributed by atoms with van der Waals surface area (Å²) in [6.45, 7) is 5.45. The third-order valence-electron chi connectivity index (χ3n) is 8.46. The fourth-order valence-corrected chi connectivity index (χ4v) is 7.17. The number of hydrogen-bond donors (Lipinski definition) is 2. The molecule has 2 saturated carbocycles. The topological polar surface area (TPSA) is 102 Å². The van der Waals surface area contributed by atoms with Gasteiger partial charge in [0, 0.05) is 29.8 Å². The molecule has 28 heavy (non-hydrogen) atoms. The molecule has 0 radical (unpaired) electrons. The van der Waals surface area contributed by atoms with Crippen LogP contribution in [0.1, 0.15) is 40.0 Å². The summed E-state index contributed by atoms with van der Waals surface area (Å²) in [5.74, 6) is -1.31. The van der Waals surface area contributed by atoms with Gasteiger partial charge in [0.2, 0.25) is 5.78 Å². The van der Waals surface area contributed by atoms with E-state index in [4.69, 9.17) is 14.2 Å². The first-order valence-electron chi connectivity index (χ1n) is 9.96. The zero-order chi connectivity index (χ0) is 20.6. The number of aliphatic hydroxyl groups excluding tert-OH is 1. The van der Waals surface area contributed by atoms with Crippen molar-refractivity contribution in [2.45, 2.75) is 63.9 Å². The second-order valence-electron chi connectivity index (χ2n) is 9.50. The first kappa shape index (κ1) is 19.9. The number of methoxy groups -OCH3 is 2. The lowest BCUT2D eigenvalue weighted by molar-refractivity contribution is -0.314. The van der Waals surface area contributed by atoms with E-state index in [0.717, 1.165) is 0 Å². The van der Waals surface area contributed by atoms with Crippen LogP contribution in [0.2, 0.25) is 0 Å². The van der Waals surface area contributed by atoms with Crippen LogP contribution in [0.4, 0.5) is 0 Å². The monoisotopic (exact) mass is 394 g/mol. The molecule has 1 aliphatic heterocycles. The zero-order valence-corrected chi connectivity index (χ0v) is 17.1. The molecule has 0 aromatic rings. The Morgan fingerprint density at radius 1 is 1.21 bits per heavy atom. The highest BCUT2D eigenvalue weighted by atomic mass is 16.5. The number of hydrogen-bond acceptors (Lipinski definition) is 7. The number of ether oxygens (including phenoxy) is 3. The van der Waals surface area contributed by atoms with E-state index in [-0.39, 0.29) is 24.1 Å². The van der Waals surface area contributed by atoms with E-state index in [9.17, 15) is 19.8 Å². The number of aliphatic hydroxyl groups is 2. The van der Waals surface area contributed by atoms with Crippen LogP contribution in [0.5, 0.6) is 0 Å². The molecule has 7 heteroatoms. The van der Waals surface area contributed by atoms with Gasteiger partial charge < -0.3 is 24.4 Å². The van der Waals surface area contributed by atoms with Crippen molar-refractivity contribution in [3.05, 3.63) is 11.8 Å². The molecule has 4 rings (SSSR count). The van der Waals surface area contributed by atoms with E-state index >= 15 is 0 Å². The van der Waals surface area contributed by atoms with Crippen LogP contribution in [-0.2, 0) is 23.8 Å². The van der Waals surface area contributed by atoms with Gasteiger partial charge in [-0.25, -0.2) is 0 Å². The van der Waals surface area contributed by atoms with Crippen molar-refractivity contribution in [2.75, 3.05) is 14.2 Å². The lowest BCUT2D eigenvalue weighted by Gasteiger charge is -2.69. The summed E-state index contributed by atoms with van der Waals surface area (Å²) in [7, 11) is 2.92. The molecule has 7 nitrogen and oxygen atoms in total. The van der Waals surface area contributed by atoms with Crippen LogP contribution in [0.15, 0.2) is 11.8 Å². The number of Topliss-reactive ketones (excluding diaryl/α,β-unsaturated/α-hetero) is 1. The number of rotatable bonds is 2. The third kappa shape index (κ3) is 2.15. The zero-order valence-electron chi connectivity index (χ0n) is 17.1. The van der Waals surface area contributed by atoms with Crippen molar-refractivity contribution in [1.82, 2.24) is 0 Å². The van der Waals surface area contributed by atoms with Crippen LogP contribution < -0.4 is 0 Å². The maximum Gasteiger partial charge on any atom is 0.306 e. The van der Waals surface area contributed by atoms with Gasteiger partial charge >= 0.3 is 5.97 Å². The van der Waals surface area contributed by atoms with Crippen LogP contribution in [0.3, 0.4) is 0 Å². The maximum absolute atomic E-state index is 13.5. The number of fused-ring (bicyclic) bond motifs is 2. The van der Waals surface area contributed by atoms with E-state index in [0.29, 0.717) is 18.6 Å². The first-order valence-corrected chi connectivity index (χ1v) is 9.96. The Labute approximate surface area is 165 Å². The Morgan fingerprint density at radius 3 is 2.50 bits per heavy atom. The van der Waals surface area contributed by atoms with Crippen molar-refractivity contribution in [3.8, 4) is 0 Å². The van der Waals surface area contributed by atoms with Gasteiger partial charge in [-0.15, -0.1) is 0 Å². The summed E-state index contributed by atoms with van der Waals surface area (Å²) < 4.78 is 16.6. The van der Waals surface area contributed by atoms with Gasteiger partial charge in [-0.3, -0.25) is 9.59 Å². The Morgan fingerprint density at radius 2 is 1.89 bits per heavy atom. The average molecular weight is 394 g/mol.